The predicted molar refractivity (Wildman–Crippen MR) is 63.7 cm³/mol. The molecule has 0 atom stereocenters. The Morgan fingerprint density at radius 3 is 2.69 bits per heavy atom. The van der Waals surface area contributed by atoms with Crippen LogP contribution in [-0.2, 0) is 0 Å². The first kappa shape index (κ1) is 12.5. The van der Waals surface area contributed by atoms with Gasteiger partial charge in [0.25, 0.3) is 5.91 Å². The Hall–Kier alpha value is -1.55. The number of nitrogens with zero attached hydrogens (tertiary/aromatic N) is 1. The second kappa shape index (κ2) is 5.51. The zero-order valence-electron chi connectivity index (χ0n) is 9.95. The van der Waals surface area contributed by atoms with Crippen molar-refractivity contribution in [2.45, 2.75) is 6.92 Å². The summed E-state index contributed by atoms with van der Waals surface area (Å²) in [4.78, 5) is 13.8. The predicted octanol–water partition coefficient (Wildman–Crippen LogP) is 0.992. The Bertz CT molecular complexity index is 375. The van der Waals surface area contributed by atoms with Crippen LogP contribution in [0.15, 0.2) is 18.2 Å². The van der Waals surface area contributed by atoms with E-state index in [4.69, 9.17) is 0 Å². The zero-order chi connectivity index (χ0) is 12.1. The summed E-state index contributed by atoms with van der Waals surface area (Å²) in [6, 6.07) is 4.74. The summed E-state index contributed by atoms with van der Waals surface area (Å²) < 4.78 is 0. The van der Waals surface area contributed by atoms with Crippen LogP contribution in [0.3, 0.4) is 0 Å². The SMILES string of the molecule is Cc1cc(O)ccc1C(=O)NCCN(C)C. The summed E-state index contributed by atoms with van der Waals surface area (Å²) in [5, 5.41) is 12.1. The lowest BCUT2D eigenvalue weighted by Gasteiger charge is -2.11. The molecule has 1 aromatic rings. The lowest BCUT2D eigenvalue weighted by Crippen LogP contribution is -2.31. The maximum absolute atomic E-state index is 11.7. The number of hydrogen-bond acceptors (Lipinski definition) is 3. The number of rotatable bonds is 4. The van der Waals surface area contributed by atoms with Gasteiger partial charge in [0.2, 0.25) is 0 Å². The Balaban J connectivity index is 2.59. The average molecular weight is 222 g/mol. The number of carbonyl (C=O) groups is 1. The van der Waals surface area contributed by atoms with Crippen LogP contribution < -0.4 is 5.32 Å². The molecule has 1 aromatic carbocycles. The summed E-state index contributed by atoms with van der Waals surface area (Å²) in [5.74, 6) is 0.0849. The Kier molecular flexibility index (Phi) is 4.31. The molecule has 16 heavy (non-hydrogen) atoms. The van der Waals surface area contributed by atoms with Gasteiger partial charge in [-0.05, 0) is 44.8 Å². The van der Waals surface area contributed by atoms with Crippen LogP contribution in [0, 0.1) is 6.92 Å². The van der Waals surface area contributed by atoms with Gasteiger partial charge in [-0.3, -0.25) is 4.79 Å². The van der Waals surface area contributed by atoms with Crippen LogP contribution in [0.4, 0.5) is 0 Å². The number of phenolic OH excluding ortho intramolecular Hbond substituents is 1. The van der Waals surface area contributed by atoms with Crippen LogP contribution in [0.2, 0.25) is 0 Å². The third-order valence-corrected chi connectivity index (χ3v) is 2.30. The molecule has 88 valence electrons. The number of likely N-dealkylation sites (N-methyl/N-ethyl adjacent to an activating group) is 1. The lowest BCUT2D eigenvalue weighted by molar-refractivity contribution is 0.0950. The van der Waals surface area contributed by atoms with E-state index in [1.807, 2.05) is 19.0 Å². The smallest absolute Gasteiger partial charge is 0.251 e. The summed E-state index contributed by atoms with van der Waals surface area (Å²) in [6.45, 7) is 3.23. The first-order valence-electron chi connectivity index (χ1n) is 5.23. The molecule has 0 heterocycles. The summed E-state index contributed by atoms with van der Waals surface area (Å²) in [5.41, 5.74) is 1.39. The molecule has 1 amide bonds. The van der Waals surface area contributed by atoms with Gasteiger partial charge in [-0.2, -0.15) is 0 Å². The highest BCUT2D eigenvalue weighted by molar-refractivity contribution is 5.95. The molecule has 2 N–H and O–H groups in total. The van der Waals surface area contributed by atoms with Gasteiger partial charge in [0.1, 0.15) is 5.75 Å². The largest absolute Gasteiger partial charge is 0.508 e. The van der Waals surface area contributed by atoms with E-state index in [2.05, 4.69) is 5.32 Å². The lowest BCUT2D eigenvalue weighted by atomic mass is 10.1. The highest BCUT2D eigenvalue weighted by atomic mass is 16.3. The minimum Gasteiger partial charge on any atom is -0.508 e. The van der Waals surface area contributed by atoms with E-state index < -0.39 is 0 Å². The van der Waals surface area contributed by atoms with E-state index in [9.17, 15) is 9.90 Å². The fraction of sp³-hybridized carbons (Fsp3) is 0.417. The van der Waals surface area contributed by atoms with E-state index in [-0.39, 0.29) is 11.7 Å². The highest BCUT2D eigenvalue weighted by Crippen LogP contribution is 2.15. The molecule has 1 rings (SSSR count). The van der Waals surface area contributed by atoms with Crippen molar-refractivity contribution in [1.82, 2.24) is 10.2 Å². The monoisotopic (exact) mass is 222 g/mol. The van der Waals surface area contributed by atoms with Gasteiger partial charge >= 0.3 is 0 Å². The molecule has 0 aromatic heterocycles. The van der Waals surface area contributed by atoms with E-state index >= 15 is 0 Å². The first-order valence-corrected chi connectivity index (χ1v) is 5.23. The van der Waals surface area contributed by atoms with Crippen molar-refractivity contribution >= 4 is 5.91 Å². The normalized spacial score (nSPS) is 10.5. The number of nitrogens with one attached hydrogen (secondary N) is 1. The molecular formula is C12H18N2O2. The van der Waals surface area contributed by atoms with Crippen molar-refractivity contribution in [3.05, 3.63) is 29.3 Å². The molecule has 0 fully saturated rings. The standard InChI is InChI=1S/C12H18N2O2/c1-9-8-10(15)4-5-11(9)12(16)13-6-7-14(2)3/h4-5,8,15H,6-7H2,1-3H3,(H,13,16). The van der Waals surface area contributed by atoms with Gasteiger partial charge in [0, 0.05) is 18.7 Å². The topological polar surface area (TPSA) is 52.6 Å². The van der Waals surface area contributed by atoms with Crippen molar-refractivity contribution in [2.75, 3.05) is 27.2 Å². The van der Waals surface area contributed by atoms with E-state index in [0.717, 1.165) is 12.1 Å². The van der Waals surface area contributed by atoms with Crippen LogP contribution in [0.5, 0.6) is 5.75 Å². The quantitative estimate of drug-likeness (QED) is 0.799. The van der Waals surface area contributed by atoms with Crippen molar-refractivity contribution in [1.29, 1.82) is 0 Å². The van der Waals surface area contributed by atoms with Gasteiger partial charge in [0.15, 0.2) is 0 Å². The molecule has 0 radical (unpaired) electrons. The minimum atomic E-state index is -0.0978. The van der Waals surface area contributed by atoms with Gasteiger partial charge in [-0.25, -0.2) is 0 Å². The number of hydrogen-bond donors (Lipinski definition) is 2. The molecular weight excluding hydrogens is 204 g/mol. The Morgan fingerprint density at radius 2 is 2.12 bits per heavy atom. The van der Waals surface area contributed by atoms with Crippen molar-refractivity contribution in [3.63, 3.8) is 0 Å². The maximum atomic E-state index is 11.7. The Labute approximate surface area is 95.9 Å². The van der Waals surface area contributed by atoms with Crippen LogP contribution in [0.25, 0.3) is 0 Å². The fourth-order valence-corrected chi connectivity index (χ4v) is 1.39. The molecule has 0 aliphatic carbocycles. The number of carbonyl (C=O) groups excluding carboxylic acids is 1. The molecule has 0 saturated heterocycles. The zero-order valence-corrected chi connectivity index (χ0v) is 9.95. The van der Waals surface area contributed by atoms with E-state index in [1.54, 1.807) is 19.1 Å². The number of aromatic hydroxyl groups is 1. The molecule has 4 heteroatoms. The van der Waals surface area contributed by atoms with Crippen molar-refractivity contribution in [3.8, 4) is 5.75 Å². The number of phenols is 1. The van der Waals surface area contributed by atoms with Gasteiger partial charge < -0.3 is 15.3 Å². The summed E-state index contributed by atoms with van der Waals surface area (Å²) in [6.07, 6.45) is 0. The second-order valence-electron chi connectivity index (χ2n) is 4.06. The van der Waals surface area contributed by atoms with Crippen molar-refractivity contribution < 1.29 is 9.90 Å². The Morgan fingerprint density at radius 1 is 1.44 bits per heavy atom. The summed E-state index contributed by atoms with van der Waals surface area (Å²) in [7, 11) is 3.91. The third-order valence-electron chi connectivity index (χ3n) is 2.30. The molecule has 4 nitrogen and oxygen atoms in total. The molecule has 0 aliphatic rings. The molecule has 0 aliphatic heterocycles. The van der Waals surface area contributed by atoms with Crippen LogP contribution in [-0.4, -0.2) is 43.1 Å². The number of amides is 1. The highest BCUT2D eigenvalue weighted by Gasteiger charge is 2.08. The summed E-state index contributed by atoms with van der Waals surface area (Å²) >= 11 is 0. The first-order chi connectivity index (χ1) is 7.50. The van der Waals surface area contributed by atoms with Crippen molar-refractivity contribution in [2.24, 2.45) is 0 Å². The van der Waals surface area contributed by atoms with Gasteiger partial charge in [-0.1, -0.05) is 0 Å². The molecule has 0 unspecified atom stereocenters. The van der Waals surface area contributed by atoms with E-state index in [1.165, 1.54) is 6.07 Å². The molecule has 0 spiro atoms. The average Bonchev–Trinajstić information content (AvgIpc) is 2.16. The van der Waals surface area contributed by atoms with Crippen LogP contribution >= 0.6 is 0 Å². The molecule has 0 saturated carbocycles. The molecule has 0 bridgehead atoms. The van der Waals surface area contributed by atoms with Gasteiger partial charge in [0.05, 0.1) is 0 Å². The number of benzene rings is 1. The second-order valence-corrected chi connectivity index (χ2v) is 4.06. The minimum absolute atomic E-state index is 0.0978. The third kappa shape index (κ3) is 3.55. The number of aryl methyl sites for hydroxylation is 1. The van der Waals surface area contributed by atoms with E-state index in [0.29, 0.717) is 12.1 Å². The van der Waals surface area contributed by atoms with Gasteiger partial charge in [-0.15, -0.1) is 0 Å². The maximum Gasteiger partial charge on any atom is 0.251 e. The fourth-order valence-electron chi connectivity index (χ4n) is 1.39. The van der Waals surface area contributed by atoms with Crippen LogP contribution in [0.1, 0.15) is 15.9 Å².